The van der Waals surface area contributed by atoms with Gasteiger partial charge in [0, 0.05) is 18.7 Å². The van der Waals surface area contributed by atoms with Crippen LogP contribution in [-0.2, 0) is 9.59 Å². The number of hydrogen-bond acceptors (Lipinski definition) is 3. The van der Waals surface area contributed by atoms with Gasteiger partial charge in [-0.25, -0.2) is 4.98 Å². The Morgan fingerprint density at radius 3 is 2.68 bits per heavy atom. The van der Waals surface area contributed by atoms with Gasteiger partial charge in [0.05, 0.1) is 10.9 Å². The van der Waals surface area contributed by atoms with Gasteiger partial charge in [0.2, 0.25) is 5.91 Å². The Hall–Kier alpha value is -1.62. The van der Waals surface area contributed by atoms with E-state index in [1.165, 1.54) is 11.1 Å². The maximum Gasteiger partial charge on any atom is 0.308 e. The fourth-order valence-corrected chi connectivity index (χ4v) is 1.84. The van der Waals surface area contributed by atoms with Gasteiger partial charge in [-0.15, -0.1) is 0 Å². The highest BCUT2D eigenvalue weighted by atomic mass is 35.5. The highest BCUT2D eigenvalue weighted by Gasteiger charge is 2.35. The molecule has 1 aliphatic carbocycles. The highest BCUT2D eigenvalue weighted by Crippen LogP contribution is 2.32. The fourth-order valence-electron chi connectivity index (χ4n) is 1.73. The molecular formula is C13H15ClN2O3. The second-order valence-electron chi connectivity index (χ2n) is 4.80. The van der Waals surface area contributed by atoms with Crippen LogP contribution >= 0.6 is 11.6 Å². The standard InChI is InChI=1S/C13H15ClN2O3/c1-8(13(18)19)7-16(12(17)9-2-3-9)11-5-4-10(14)6-15-11/h4-6,8-9H,2-3,7H2,1H3,(H,18,19). The summed E-state index contributed by atoms with van der Waals surface area (Å²) in [5.41, 5.74) is 0. The molecule has 1 amide bonds. The van der Waals surface area contributed by atoms with E-state index in [9.17, 15) is 9.59 Å². The first-order valence-corrected chi connectivity index (χ1v) is 6.52. The SMILES string of the molecule is CC(CN(C(=O)C1CC1)c1ccc(Cl)cn1)C(=O)O. The number of amides is 1. The molecule has 1 aromatic rings. The monoisotopic (exact) mass is 282 g/mol. The summed E-state index contributed by atoms with van der Waals surface area (Å²) in [4.78, 5) is 28.7. The van der Waals surface area contributed by atoms with Gasteiger partial charge in [-0.2, -0.15) is 0 Å². The first kappa shape index (κ1) is 13.8. The van der Waals surface area contributed by atoms with E-state index in [-0.39, 0.29) is 18.4 Å². The maximum absolute atomic E-state index is 12.2. The van der Waals surface area contributed by atoms with E-state index in [1.807, 2.05) is 0 Å². The molecule has 2 rings (SSSR count). The molecule has 1 fully saturated rings. The topological polar surface area (TPSA) is 70.5 Å². The maximum atomic E-state index is 12.2. The van der Waals surface area contributed by atoms with Crippen molar-refractivity contribution < 1.29 is 14.7 Å². The molecule has 5 nitrogen and oxygen atoms in total. The van der Waals surface area contributed by atoms with Gasteiger partial charge in [0.25, 0.3) is 0 Å². The zero-order valence-corrected chi connectivity index (χ0v) is 11.3. The van der Waals surface area contributed by atoms with E-state index in [0.29, 0.717) is 10.8 Å². The molecular weight excluding hydrogens is 268 g/mol. The van der Waals surface area contributed by atoms with Crippen LogP contribution in [-0.4, -0.2) is 28.5 Å². The summed E-state index contributed by atoms with van der Waals surface area (Å²) >= 11 is 5.77. The van der Waals surface area contributed by atoms with Crippen LogP contribution in [0.2, 0.25) is 5.02 Å². The molecule has 0 aromatic carbocycles. The molecule has 19 heavy (non-hydrogen) atoms. The molecule has 0 radical (unpaired) electrons. The first-order chi connectivity index (χ1) is 8.99. The number of halogens is 1. The number of pyridine rings is 1. The molecule has 1 atom stereocenters. The molecule has 0 saturated heterocycles. The average Bonchev–Trinajstić information content (AvgIpc) is 3.20. The first-order valence-electron chi connectivity index (χ1n) is 6.14. The number of carboxylic acids is 1. The van der Waals surface area contributed by atoms with Crippen LogP contribution in [0.25, 0.3) is 0 Å². The van der Waals surface area contributed by atoms with E-state index in [1.54, 1.807) is 19.1 Å². The Balaban J connectivity index is 2.20. The summed E-state index contributed by atoms with van der Waals surface area (Å²) in [5, 5.41) is 9.46. The number of hydrogen-bond donors (Lipinski definition) is 1. The Kier molecular flexibility index (Phi) is 4.04. The minimum atomic E-state index is -0.928. The van der Waals surface area contributed by atoms with Crippen molar-refractivity contribution in [1.29, 1.82) is 0 Å². The molecule has 0 bridgehead atoms. The quantitative estimate of drug-likeness (QED) is 0.899. The lowest BCUT2D eigenvalue weighted by Crippen LogP contribution is -2.38. The van der Waals surface area contributed by atoms with Crippen molar-refractivity contribution in [3.63, 3.8) is 0 Å². The zero-order valence-electron chi connectivity index (χ0n) is 10.5. The normalized spacial score (nSPS) is 15.9. The molecule has 0 spiro atoms. The highest BCUT2D eigenvalue weighted by molar-refractivity contribution is 6.30. The lowest BCUT2D eigenvalue weighted by atomic mass is 10.1. The molecule has 1 aromatic heterocycles. The number of aliphatic carboxylic acids is 1. The molecule has 0 aliphatic heterocycles. The number of anilines is 1. The molecule has 6 heteroatoms. The van der Waals surface area contributed by atoms with Crippen LogP contribution in [0.5, 0.6) is 0 Å². The van der Waals surface area contributed by atoms with Crippen molar-refractivity contribution in [2.75, 3.05) is 11.4 Å². The van der Waals surface area contributed by atoms with E-state index in [0.717, 1.165) is 12.8 Å². The summed E-state index contributed by atoms with van der Waals surface area (Å²) in [5.74, 6) is -1.15. The molecule has 102 valence electrons. The van der Waals surface area contributed by atoms with Gasteiger partial charge in [0.15, 0.2) is 0 Å². The van der Waals surface area contributed by atoms with E-state index in [2.05, 4.69) is 4.98 Å². The van der Waals surface area contributed by atoms with Gasteiger partial charge < -0.3 is 5.11 Å². The van der Waals surface area contributed by atoms with Crippen molar-refractivity contribution in [3.8, 4) is 0 Å². The molecule has 1 aliphatic rings. The van der Waals surface area contributed by atoms with Crippen molar-refractivity contribution in [2.45, 2.75) is 19.8 Å². The third-order valence-electron chi connectivity index (χ3n) is 3.06. The van der Waals surface area contributed by atoms with Crippen molar-refractivity contribution in [3.05, 3.63) is 23.4 Å². The summed E-state index contributed by atoms with van der Waals surface area (Å²) in [6, 6.07) is 3.28. The van der Waals surface area contributed by atoms with Crippen LogP contribution in [0.4, 0.5) is 5.82 Å². The summed E-state index contributed by atoms with van der Waals surface area (Å²) in [6.45, 7) is 1.70. The van der Waals surface area contributed by atoms with Crippen molar-refractivity contribution in [1.82, 2.24) is 4.98 Å². The Morgan fingerprint density at radius 2 is 2.21 bits per heavy atom. The summed E-state index contributed by atoms with van der Waals surface area (Å²) in [7, 11) is 0. The van der Waals surface area contributed by atoms with Crippen LogP contribution < -0.4 is 4.90 Å². The zero-order chi connectivity index (χ0) is 14.0. The predicted octanol–water partition coefficient (Wildman–Crippen LogP) is 2.20. The number of carbonyl (C=O) groups is 2. The van der Waals surface area contributed by atoms with E-state index < -0.39 is 11.9 Å². The third-order valence-corrected chi connectivity index (χ3v) is 3.28. The fraction of sp³-hybridized carbons (Fsp3) is 0.462. The largest absolute Gasteiger partial charge is 0.481 e. The smallest absolute Gasteiger partial charge is 0.308 e. The Bertz CT molecular complexity index is 485. The average molecular weight is 283 g/mol. The van der Waals surface area contributed by atoms with Gasteiger partial charge in [0.1, 0.15) is 5.82 Å². The second kappa shape index (κ2) is 5.57. The van der Waals surface area contributed by atoms with E-state index >= 15 is 0 Å². The van der Waals surface area contributed by atoms with Crippen LogP contribution in [0.1, 0.15) is 19.8 Å². The van der Waals surface area contributed by atoms with Gasteiger partial charge >= 0.3 is 5.97 Å². The lowest BCUT2D eigenvalue weighted by Gasteiger charge is -2.23. The van der Waals surface area contributed by atoms with Gasteiger partial charge in [-0.1, -0.05) is 18.5 Å². The second-order valence-corrected chi connectivity index (χ2v) is 5.23. The van der Waals surface area contributed by atoms with Crippen molar-refractivity contribution in [2.24, 2.45) is 11.8 Å². The predicted molar refractivity (Wildman–Crippen MR) is 71.1 cm³/mol. The van der Waals surface area contributed by atoms with Gasteiger partial charge in [-0.05, 0) is 25.0 Å². The number of nitrogens with zero attached hydrogens (tertiary/aromatic N) is 2. The Morgan fingerprint density at radius 1 is 1.53 bits per heavy atom. The van der Waals surface area contributed by atoms with Gasteiger partial charge in [-0.3, -0.25) is 14.5 Å². The van der Waals surface area contributed by atoms with Crippen molar-refractivity contribution >= 4 is 29.3 Å². The van der Waals surface area contributed by atoms with E-state index in [4.69, 9.17) is 16.7 Å². The summed E-state index contributed by atoms with van der Waals surface area (Å²) < 4.78 is 0. The van der Waals surface area contributed by atoms with Crippen LogP contribution in [0.3, 0.4) is 0 Å². The number of rotatable bonds is 5. The molecule has 1 saturated carbocycles. The third kappa shape index (κ3) is 3.44. The lowest BCUT2D eigenvalue weighted by molar-refractivity contribution is -0.140. The minimum Gasteiger partial charge on any atom is -0.481 e. The number of aromatic nitrogens is 1. The molecule has 1 N–H and O–H groups in total. The number of carbonyl (C=O) groups excluding carboxylic acids is 1. The Labute approximate surface area is 116 Å². The minimum absolute atomic E-state index is 0.0125. The molecule has 1 heterocycles. The molecule has 1 unspecified atom stereocenters. The summed E-state index contributed by atoms with van der Waals surface area (Å²) in [6.07, 6.45) is 3.18. The van der Waals surface area contributed by atoms with Crippen LogP contribution in [0, 0.1) is 11.8 Å². The van der Waals surface area contributed by atoms with Crippen LogP contribution in [0.15, 0.2) is 18.3 Å². The number of carboxylic acid groups (broad SMARTS) is 1.